The number of aliphatic hydroxyl groups excluding tert-OH is 1. The van der Waals surface area contributed by atoms with E-state index in [9.17, 15) is 19.4 Å². The van der Waals surface area contributed by atoms with Crippen molar-refractivity contribution in [3.8, 4) is 0 Å². The topological polar surface area (TPSA) is 103 Å². The van der Waals surface area contributed by atoms with E-state index in [1.165, 1.54) is 24.3 Å². The summed E-state index contributed by atoms with van der Waals surface area (Å²) in [6.07, 6.45) is -2.40. The van der Waals surface area contributed by atoms with Crippen molar-refractivity contribution < 1.29 is 28.9 Å². The van der Waals surface area contributed by atoms with Crippen LogP contribution in [-0.4, -0.2) is 59.9 Å². The second-order valence-corrected chi connectivity index (χ2v) is 7.87. The van der Waals surface area contributed by atoms with Crippen LogP contribution >= 0.6 is 11.6 Å². The van der Waals surface area contributed by atoms with E-state index < -0.39 is 29.5 Å². The molecule has 0 saturated carbocycles. The number of halogens is 2. The molecule has 4 N–H and O–H groups in total. The Balaban J connectivity index is 1.27. The predicted octanol–water partition coefficient (Wildman–Crippen LogP) is 1.39. The fourth-order valence-electron chi connectivity index (χ4n) is 3.52. The summed E-state index contributed by atoms with van der Waals surface area (Å²) in [6.45, 7) is -0.214. The van der Waals surface area contributed by atoms with Crippen molar-refractivity contribution in [2.24, 2.45) is 0 Å². The zero-order valence-electron chi connectivity index (χ0n) is 15.9. The maximum atomic E-state index is 13.7. The maximum Gasteiger partial charge on any atom is 0.254 e. The molecule has 2 fully saturated rings. The van der Waals surface area contributed by atoms with E-state index in [-0.39, 0.29) is 37.6 Å². The van der Waals surface area contributed by atoms with Gasteiger partial charge in [-0.2, -0.15) is 0 Å². The third kappa shape index (κ3) is 4.34. The summed E-state index contributed by atoms with van der Waals surface area (Å²) in [5.41, 5.74) is -0.944. The van der Waals surface area contributed by atoms with Crippen molar-refractivity contribution in [3.05, 3.63) is 70.5 Å². The molecule has 0 aromatic heterocycles. The van der Waals surface area contributed by atoms with Gasteiger partial charge in [0.15, 0.2) is 0 Å². The first-order chi connectivity index (χ1) is 14.4. The third-order valence-corrected chi connectivity index (χ3v) is 5.69. The largest absolute Gasteiger partial charge is 0.387 e. The highest BCUT2D eigenvalue weighted by atomic mass is 35.5. The van der Waals surface area contributed by atoms with Gasteiger partial charge in [0.2, 0.25) is 0 Å². The van der Waals surface area contributed by atoms with Gasteiger partial charge in [0.05, 0.1) is 24.8 Å². The van der Waals surface area contributed by atoms with Crippen LogP contribution in [0.15, 0.2) is 48.5 Å². The van der Waals surface area contributed by atoms with Crippen LogP contribution in [0, 0.1) is 5.82 Å². The van der Waals surface area contributed by atoms with Gasteiger partial charge in [-0.3, -0.25) is 10.1 Å². The quantitative estimate of drug-likeness (QED) is 0.489. The Morgan fingerprint density at radius 2 is 1.97 bits per heavy atom. The molecule has 1 amide bonds. The van der Waals surface area contributed by atoms with Gasteiger partial charge >= 0.3 is 0 Å². The molecule has 160 valence electrons. The van der Waals surface area contributed by atoms with Crippen molar-refractivity contribution in [2.45, 2.75) is 30.1 Å². The molecule has 0 spiro atoms. The summed E-state index contributed by atoms with van der Waals surface area (Å²) < 4.78 is 24.8. The molecular weight excluding hydrogens is 415 g/mol. The van der Waals surface area contributed by atoms with Crippen LogP contribution in [0.3, 0.4) is 0 Å². The fourth-order valence-corrected chi connectivity index (χ4v) is 3.76. The molecule has 2 unspecified atom stereocenters. The summed E-state index contributed by atoms with van der Waals surface area (Å²) in [5, 5.41) is 27.4. The Morgan fingerprint density at radius 3 is 2.73 bits per heavy atom. The third-order valence-electron chi connectivity index (χ3n) is 5.35. The molecule has 2 aliphatic rings. The molecule has 9 heteroatoms. The van der Waals surface area contributed by atoms with Crippen LogP contribution in [0.5, 0.6) is 0 Å². The Kier molecular flexibility index (Phi) is 6.06. The number of benzene rings is 2. The van der Waals surface area contributed by atoms with Crippen LogP contribution in [0.25, 0.3) is 0 Å². The number of nitrogens with one attached hydrogen (secondary N) is 2. The molecular formula is C21H22ClFN2O5. The second kappa shape index (κ2) is 8.58. The second-order valence-electron chi connectivity index (χ2n) is 7.47. The average Bonchev–Trinajstić information content (AvgIpc) is 3.45. The van der Waals surface area contributed by atoms with Gasteiger partial charge in [0.25, 0.3) is 5.91 Å². The molecule has 2 aliphatic heterocycles. The van der Waals surface area contributed by atoms with E-state index in [1.54, 1.807) is 6.07 Å². The lowest BCUT2D eigenvalue weighted by Crippen LogP contribution is -2.53. The number of amides is 1. The fraction of sp³-hybridized carbons (Fsp3) is 0.381. The van der Waals surface area contributed by atoms with Crippen LogP contribution in [-0.2, 0) is 9.47 Å². The maximum absolute atomic E-state index is 13.7. The van der Waals surface area contributed by atoms with Crippen molar-refractivity contribution in [1.82, 2.24) is 10.6 Å². The molecule has 2 aromatic carbocycles. The monoisotopic (exact) mass is 436 g/mol. The number of carbonyl (C=O) groups is 1. The minimum Gasteiger partial charge on any atom is -0.387 e. The number of rotatable bonds is 7. The minimum atomic E-state index is -1.68. The lowest BCUT2D eigenvalue weighted by Gasteiger charge is -2.26. The molecule has 2 aromatic rings. The zero-order valence-corrected chi connectivity index (χ0v) is 16.7. The molecule has 2 saturated heterocycles. The number of hydrogen-bond donors (Lipinski definition) is 4. The first kappa shape index (κ1) is 21.2. The highest BCUT2D eigenvalue weighted by molar-refractivity contribution is 6.31. The van der Waals surface area contributed by atoms with E-state index in [4.69, 9.17) is 21.1 Å². The van der Waals surface area contributed by atoms with Crippen molar-refractivity contribution in [2.75, 3.05) is 19.7 Å². The van der Waals surface area contributed by atoms with Gasteiger partial charge in [-0.15, -0.1) is 0 Å². The first-order valence-electron chi connectivity index (χ1n) is 9.57. The lowest BCUT2D eigenvalue weighted by atomic mass is 9.96. The van der Waals surface area contributed by atoms with Crippen molar-refractivity contribution in [1.29, 1.82) is 0 Å². The number of ether oxygens (including phenoxy) is 2. The standard InChI is InChI=1S/C21H22ClFN2O5/c22-14-7-3-1-5-12(14)17-20(30-17)24-9-16-18(26)21(28,11-29-16)10-25-19(27)13-6-2-4-8-15(13)23/h1-8,16-18,20,24,26,28H,9-11H2,(H,25,27)/t16-,17?,18-,20?,21+/m1/s1. The summed E-state index contributed by atoms with van der Waals surface area (Å²) >= 11 is 6.16. The Labute approximate surface area is 177 Å². The summed E-state index contributed by atoms with van der Waals surface area (Å²) in [6, 6.07) is 12.9. The van der Waals surface area contributed by atoms with Gasteiger partial charge in [-0.25, -0.2) is 4.39 Å². The SMILES string of the molecule is O=C(NC[C@]1(O)CO[C@H](CNC2OC2c2ccccc2Cl)[C@H]1O)c1ccccc1F. The van der Waals surface area contributed by atoms with Crippen LogP contribution in [0.1, 0.15) is 22.0 Å². The van der Waals surface area contributed by atoms with E-state index in [2.05, 4.69) is 10.6 Å². The summed E-state index contributed by atoms with van der Waals surface area (Å²) in [5.74, 6) is -1.34. The normalized spacial score (nSPS) is 30.3. The van der Waals surface area contributed by atoms with Gasteiger partial charge in [0.1, 0.15) is 29.9 Å². The van der Waals surface area contributed by atoms with E-state index in [1.807, 2.05) is 18.2 Å². The highest BCUT2D eigenvalue weighted by Gasteiger charge is 2.49. The van der Waals surface area contributed by atoms with Crippen molar-refractivity contribution in [3.63, 3.8) is 0 Å². The molecule has 30 heavy (non-hydrogen) atoms. The molecule has 0 bridgehead atoms. The molecule has 5 atom stereocenters. The number of hydrogen-bond acceptors (Lipinski definition) is 6. The van der Waals surface area contributed by atoms with Crippen LogP contribution in [0.2, 0.25) is 5.02 Å². The van der Waals surface area contributed by atoms with Crippen LogP contribution in [0.4, 0.5) is 4.39 Å². The molecule has 2 heterocycles. The number of epoxide rings is 1. The average molecular weight is 437 g/mol. The van der Waals surface area contributed by atoms with Crippen LogP contribution < -0.4 is 10.6 Å². The Morgan fingerprint density at radius 1 is 1.23 bits per heavy atom. The lowest BCUT2D eigenvalue weighted by molar-refractivity contribution is -0.0468. The molecule has 4 rings (SSSR count). The predicted molar refractivity (Wildman–Crippen MR) is 106 cm³/mol. The van der Waals surface area contributed by atoms with Gasteiger partial charge in [-0.1, -0.05) is 41.9 Å². The van der Waals surface area contributed by atoms with E-state index in [0.29, 0.717) is 5.02 Å². The Hall–Kier alpha value is -2.07. The van der Waals surface area contributed by atoms with E-state index in [0.717, 1.165) is 5.56 Å². The summed E-state index contributed by atoms with van der Waals surface area (Å²) in [7, 11) is 0. The zero-order chi connectivity index (χ0) is 21.3. The summed E-state index contributed by atoms with van der Waals surface area (Å²) in [4.78, 5) is 12.1. The molecule has 0 aliphatic carbocycles. The van der Waals surface area contributed by atoms with Gasteiger partial charge in [-0.05, 0) is 18.2 Å². The van der Waals surface area contributed by atoms with Gasteiger partial charge < -0.3 is 25.0 Å². The molecule has 0 radical (unpaired) electrons. The smallest absolute Gasteiger partial charge is 0.254 e. The van der Waals surface area contributed by atoms with Gasteiger partial charge in [0, 0.05) is 17.1 Å². The number of carbonyl (C=O) groups excluding carboxylic acids is 1. The van der Waals surface area contributed by atoms with Crippen molar-refractivity contribution >= 4 is 17.5 Å². The molecule has 7 nitrogen and oxygen atoms in total. The number of aliphatic hydroxyl groups is 2. The first-order valence-corrected chi connectivity index (χ1v) is 9.95. The Bertz CT molecular complexity index is 932. The highest BCUT2D eigenvalue weighted by Crippen LogP contribution is 2.40. The van der Waals surface area contributed by atoms with E-state index >= 15 is 0 Å². The minimum absolute atomic E-state index is 0.135.